The molecular weight excluding hydrogens is 252 g/mol. The van der Waals surface area contributed by atoms with E-state index in [0.29, 0.717) is 10.6 Å². The third-order valence-electron chi connectivity index (χ3n) is 2.85. The number of carbonyl (C=O) groups excluding carboxylic acids is 1. The molecule has 0 N–H and O–H groups in total. The molecule has 0 saturated carbocycles. The smallest absolute Gasteiger partial charge is 0.195 e. The molecule has 0 fully saturated rings. The molecule has 2 aromatic rings. The maximum atomic E-state index is 12.5. The summed E-state index contributed by atoms with van der Waals surface area (Å²) in [6, 6.07) is 13.3. The highest BCUT2D eigenvalue weighted by Gasteiger charge is 2.23. The predicted octanol–water partition coefficient (Wildman–Crippen LogP) is 4.18. The minimum atomic E-state index is 0.0335. The monoisotopic (exact) mass is 260 g/mol. The Kier molecular flexibility index (Phi) is 2.69. The highest BCUT2D eigenvalue weighted by Crippen LogP contribution is 2.36. The molecule has 17 heavy (non-hydrogen) atoms. The van der Waals surface area contributed by atoms with E-state index in [1.165, 1.54) is 0 Å². The first-order valence-electron chi connectivity index (χ1n) is 5.31. The summed E-state index contributed by atoms with van der Waals surface area (Å²) in [4.78, 5) is 13.4. The van der Waals surface area contributed by atoms with Gasteiger partial charge in [0.15, 0.2) is 5.78 Å². The van der Waals surface area contributed by atoms with Gasteiger partial charge in [-0.2, -0.15) is 0 Å². The second-order valence-corrected chi connectivity index (χ2v) is 5.31. The highest BCUT2D eigenvalue weighted by atomic mass is 35.5. The number of hydrogen-bond acceptors (Lipinski definition) is 2. The van der Waals surface area contributed by atoms with Gasteiger partial charge in [0.25, 0.3) is 0 Å². The van der Waals surface area contributed by atoms with Crippen molar-refractivity contribution in [2.75, 3.05) is 0 Å². The first-order valence-corrected chi connectivity index (χ1v) is 6.67. The third kappa shape index (κ3) is 1.78. The molecular formula is C14H9ClOS. The maximum Gasteiger partial charge on any atom is 0.195 e. The molecule has 0 atom stereocenters. The Bertz CT molecular complexity index is 607. The molecule has 0 bridgehead atoms. The van der Waals surface area contributed by atoms with Crippen molar-refractivity contribution in [2.45, 2.75) is 10.6 Å². The molecule has 0 amide bonds. The van der Waals surface area contributed by atoms with Crippen LogP contribution < -0.4 is 0 Å². The van der Waals surface area contributed by atoms with Crippen LogP contribution in [0.1, 0.15) is 21.5 Å². The van der Waals surface area contributed by atoms with Crippen LogP contribution in [0.4, 0.5) is 0 Å². The van der Waals surface area contributed by atoms with Gasteiger partial charge in [0, 0.05) is 16.2 Å². The topological polar surface area (TPSA) is 17.1 Å². The van der Waals surface area contributed by atoms with Crippen molar-refractivity contribution in [2.24, 2.45) is 0 Å². The number of fused-ring (bicyclic) bond motifs is 2. The SMILES string of the molecule is O=C1c2ccccc2CSc2cccc(Cl)c21. The van der Waals surface area contributed by atoms with Crippen molar-refractivity contribution < 1.29 is 4.79 Å². The van der Waals surface area contributed by atoms with Gasteiger partial charge in [-0.15, -0.1) is 11.8 Å². The summed E-state index contributed by atoms with van der Waals surface area (Å²) in [5.74, 6) is 0.848. The fourth-order valence-corrected chi connectivity index (χ4v) is 3.40. The van der Waals surface area contributed by atoms with Crippen molar-refractivity contribution in [1.29, 1.82) is 0 Å². The Hall–Kier alpha value is -1.25. The van der Waals surface area contributed by atoms with Gasteiger partial charge in [-0.3, -0.25) is 4.79 Å². The molecule has 1 aliphatic rings. The van der Waals surface area contributed by atoms with Crippen LogP contribution in [0.3, 0.4) is 0 Å². The van der Waals surface area contributed by atoms with Gasteiger partial charge < -0.3 is 0 Å². The molecule has 3 heteroatoms. The molecule has 0 spiro atoms. The number of benzene rings is 2. The Morgan fingerprint density at radius 3 is 2.76 bits per heavy atom. The zero-order chi connectivity index (χ0) is 11.8. The largest absolute Gasteiger partial charge is 0.289 e. The molecule has 0 saturated heterocycles. The Labute approximate surface area is 109 Å². The van der Waals surface area contributed by atoms with Gasteiger partial charge in [-0.1, -0.05) is 41.9 Å². The van der Waals surface area contributed by atoms with Crippen LogP contribution >= 0.6 is 23.4 Å². The summed E-state index contributed by atoms with van der Waals surface area (Å²) in [5, 5.41) is 0.539. The van der Waals surface area contributed by atoms with Crippen LogP contribution in [0.2, 0.25) is 5.02 Å². The zero-order valence-electron chi connectivity index (χ0n) is 8.94. The number of carbonyl (C=O) groups is 1. The molecule has 84 valence electrons. The van der Waals surface area contributed by atoms with E-state index in [1.54, 1.807) is 17.8 Å². The minimum absolute atomic E-state index is 0.0335. The lowest BCUT2D eigenvalue weighted by Gasteiger charge is -2.05. The number of hydrogen-bond donors (Lipinski definition) is 0. The molecule has 1 nitrogen and oxygen atoms in total. The van der Waals surface area contributed by atoms with Gasteiger partial charge in [-0.05, 0) is 17.7 Å². The minimum Gasteiger partial charge on any atom is -0.289 e. The van der Waals surface area contributed by atoms with E-state index in [9.17, 15) is 4.79 Å². The fraction of sp³-hybridized carbons (Fsp3) is 0.0714. The second-order valence-electron chi connectivity index (χ2n) is 3.89. The number of ketones is 1. The van der Waals surface area contributed by atoms with Crippen LogP contribution in [-0.4, -0.2) is 5.78 Å². The van der Waals surface area contributed by atoms with Crippen LogP contribution in [0, 0.1) is 0 Å². The van der Waals surface area contributed by atoms with E-state index in [1.807, 2.05) is 36.4 Å². The molecule has 2 aromatic carbocycles. The third-order valence-corrected chi connectivity index (χ3v) is 4.27. The molecule has 1 heterocycles. The lowest BCUT2D eigenvalue weighted by molar-refractivity contribution is 0.103. The standard InChI is InChI=1S/C14H9ClOS/c15-11-6-3-7-12-13(11)14(16)10-5-2-1-4-9(10)8-17-12/h1-7H,8H2. The van der Waals surface area contributed by atoms with E-state index < -0.39 is 0 Å². The summed E-state index contributed by atoms with van der Waals surface area (Å²) in [6.07, 6.45) is 0. The van der Waals surface area contributed by atoms with Crippen LogP contribution in [-0.2, 0) is 5.75 Å². The molecule has 0 aliphatic carbocycles. The van der Waals surface area contributed by atoms with E-state index in [2.05, 4.69) is 0 Å². The fourth-order valence-electron chi connectivity index (χ4n) is 2.00. The van der Waals surface area contributed by atoms with Gasteiger partial charge in [-0.25, -0.2) is 0 Å². The Morgan fingerprint density at radius 2 is 1.88 bits per heavy atom. The molecule has 0 aromatic heterocycles. The normalized spacial score (nSPS) is 13.8. The van der Waals surface area contributed by atoms with Crippen molar-refractivity contribution >= 4 is 29.1 Å². The van der Waals surface area contributed by atoms with Crippen molar-refractivity contribution in [3.05, 3.63) is 64.2 Å². The number of rotatable bonds is 0. The zero-order valence-corrected chi connectivity index (χ0v) is 10.5. The van der Waals surface area contributed by atoms with Gasteiger partial charge in [0.1, 0.15) is 0 Å². The van der Waals surface area contributed by atoms with Crippen molar-refractivity contribution in [3.63, 3.8) is 0 Å². The lowest BCUT2D eigenvalue weighted by atomic mass is 9.99. The first kappa shape index (κ1) is 10.9. The summed E-state index contributed by atoms with van der Waals surface area (Å²) < 4.78 is 0. The maximum absolute atomic E-state index is 12.5. The van der Waals surface area contributed by atoms with Crippen LogP contribution in [0.25, 0.3) is 0 Å². The quantitative estimate of drug-likeness (QED) is 0.707. The Balaban J connectivity index is 2.26. The molecule has 3 rings (SSSR count). The van der Waals surface area contributed by atoms with E-state index in [0.717, 1.165) is 21.8 Å². The lowest BCUT2D eigenvalue weighted by Crippen LogP contribution is -2.04. The van der Waals surface area contributed by atoms with E-state index >= 15 is 0 Å². The molecule has 0 unspecified atom stereocenters. The average molecular weight is 261 g/mol. The van der Waals surface area contributed by atoms with E-state index in [4.69, 9.17) is 11.6 Å². The summed E-state index contributed by atoms with van der Waals surface area (Å²) in [5.41, 5.74) is 2.49. The van der Waals surface area contributed by atoms with Crippen molar-refractivity contribution in [1.82, 2.24) is 0 Å². The van der Waals surface area contributed by atoms with Gasteiger partial charge >= 0.3 is 0 Å². The van der Waals surface area contributed by atoms with E-state index in [-0.39, 0.29) is 5.78 Å². The summed E-state index contributed by atoms with van der Waals surface area (Å²) in [7, 11) is 0. The first-order chi connectivity index (χ1) is 8.27. The molecule has 0 radical (unpaired) electrons. The van der Waals surface area contributed by atoms with Crippen molar-refractivity contribution in [3.8, 4) is 0 Å². The number of halogens is 1. The highest BCUT2D eigenvalue weighted by molar-refractivity contribution is 7.98. The summed E-state index contributed by atoms with van der Waals surface area (Å²) in [6.45, 7) is 0. The van der Waals surface area contributed by atoms with Gasteiger partial charge in [0.05, 0.1) is 10.6 Å². The number of thioether (sulfide) groups is 1. The van der Waals surface area contributed by atoms with Crippen LogP contribution in [0.5, 0.6) is 0 Å². The second kappa shape index (κ2) is 4.21. The van der Waals surface area contributed by atoms with Gasteiger partial charge in [0.2, 0.25) is 0 Å². The Morgan fingerprint density at radius 1 is 1.06 bits per heavy atom. The molecule has 1 aliphatic heterocycles. The summed E-state index contributed by atoms with van der Waals surface area (Å²) >= 11 is 7.81. The van der Waals surface area contributed by atoms with Crippen LogP contribution in [0.15, 0.2) is 47.4 Å². The average Bonchev–Trinajstić information content (AvgIpc) is 2.49. The predicted molar refractivity (Wildman–Crippen MR) is 70.9 cm³/mol.